The fourth-order valence-corrected chi connectivity index (χ4v) is 2.43. The predicted octanol–water partition coefficient (Wildman–Crippen LogP) is 2.27. The van der Waals surface area contributed by atoms with Crippen molar-refractivity contribution in [2.75, 3.05) is 13.6 Å². The Kier molecular flexibility index (Phi) is 5.16. The van der Waals surface area contributed by atoms with Gasteiger partial charge in [0.2, 0.25) is 5.89 Å². The van der Waals surface area contributed by atoms with Gasteiger partial charge < -0.3 is 19.7 Å². The number of thiophene rings is 1. The summed E-state index contributed by atoms with van der Waals surface area (Å²) in [5, 5.41) is 13.4. The molecule has 0 saturated heterocycles. The van der Waals surface area contributed by atoms with Crippen LogP contribution in [-0.2, 0) is 11.3 Å². The van der Waals surface area contributed by atoms with Crippen LogP contribution < -0.4 is 5.32 Å². The Morgan fingerprint density at radius 2 is 2.32 bits per heavy atom. The first-order chi connectivity index (χ1) is 10.5. The third-order valence-corrected chi connectivity index (χ3v) is 3.88. The summed E-state index contributed by atoms with van der Waals surface area (Å²) in [7, 11) is 1.55. The number of aliphatic carboxylic acids is 1. The molecular weight excluding hydrogens is 306 g/mol. The summed E-state index contributed by atoms with van der Waals surface area (Å²) >= 11 is 1.52. The van der Waals surface area contributed by atoms with Gasteiger partial charge in [0.25, 0.3) is 0 Å². The van der Waals surface area contributed by atoms with Crippen LogP contribution in [0.2, 0.25) is 0 Å². The van der Waals surface area contributed by atoms with Gasteiger partial charge in [0, 0.05) is 13.6 Å². The van der Waals surface area contributed by atoms with Crippen LogP contribution in [0.1, 0.15) is 12.6 Å². The van der Waals surface area contributed by atoms with Gasteiger partial charge in [-0.05, 0) is 11.4 Å². The molecule has 0 aliphatic carbocycles. The topological polar surface area (TPSA) is 95.7 Å². The molecule has 0 radical (unpaired) electrons. The van der Waals surface area contributed by atoms with Crippen molar-refractivity contribution < 1.29 is 19.1 Å². The van der Waals surface area contributed by atoms with Crippen LogP contribution >= 0.6 is 11.3 Å². The summed E-state index contributed by atoms with van der Waals surface area (Å²) in [6.07, 6.45) is 1.50. The van der Waals surface area contributed by atoms with E-state index in [9.17, 15) is 9.59 Å². The Morgan fingerprint density at radius 3 is 2.95 bits per heavy atom. The van der Waals surface area contributed by atoms with Crippen LogP contribution in [-0.4, -0.2) is 40.6 Å². The lowest BCUT2D eigenvalue weighted by molar-refractivity contribution is -0.141. The smallest absolute Gasteiger partial charge is 0.317 e. The number of aromatic nitrogens is 1. The Balaban J connectivity index is 1.85. The second-order valence-corrected chi connectivity index (χ2v) is 5.85. The van der Waals surface area contributed by atoms with Gasteiger partial charge in [-0.25, -0.2) is 9.78 Å². The third kappa shape index (κ3) is 4.08. The first-order valence-electron chi connectivity index (χ1n) is 6.67. The standard InChI is InChI=1S/C14H17N3O4S/c1-9(13(18)19)7-17(2)14(20)15-6-10-8-21-12(16-10)11-4-3-5-22-11/h3-5,8-9H,6-7H2,1-2H3,(H,15,20)(H,18,19). The molecule has 0 bridgehead atoms. The number of carbonyl (C=O) groups is 2. The SMILES string of the molecule is CC(CN(C)C(=O)NCc1coc(-c2cccs2)n1)C(=O)O. The average Bonchev–Trinajstić information content (AvgIpc) is 3.15. The van der Waals surface area contributed by atoms with Crippen LogP contribution in [0.3, 0.4) is 0 Å². The molecule has 2 N–H and O–H groups in total. The van der Waals surface area contributed by atoms with Crippen molar-refractivity contribution in [1.82, 2.24) is 15.2 Å². The van der Waals surface area contributed by atoms with E-state index in [2.05, 4.69) is 10.3 Å². The van der Waals surface area contributed by atoms with E-state index in [1.165, 1.54) is 22.5 Å². The van der Waals surface area contributed by atoms with Crippen LogP contribution in [0, 0.1) is 5.92 Å². The fraction of sp³-hybridized carbons (Fsp3) is 0.357. The summed E-state index contributed by atoms with van der Waals surface area (Å²) < 4.78 is 5.35. The first kappa shape index (κ1) is 16.0. The molecule has 2 aromatic rings. The minimum absolute atomic E-state index is 0.139. The van der Waals surface area contributed by atoms with Crippen molar-refractivity contribution in [3.8, 4) is 10.8 Å². The third-order valence-electron chi connectivity index (χ3n) is 3.02. The van der Waals surface area contributed by atoms with Gasteiger partial charge in [-0.3, -0.25) is 4.79 Å². The number of nitrogens with one attached hydrogen (secondary N) is 1. The summed E-state index contributed by atoms with van der Waals surface area (Å²) in [5.74, 6) is -1.03. The highest BCUT2D eigenvalue weighted by Crippen LogP contribution is 2.23. The van der Waals surface area contributed by atoms with E-state index in [0.29, 0.717) is 11.6 Å². The van der Waals surface area contributed by atoms with Crippen molar-refractivity contribution in [1.29, 1.82) is 0 Å². The summed E-state index contributed by atoms with van der Waals surface area (Å²) in [4.78, 5) is 29.2. The van der Waals surface area contributed by atoms with E-state index in [4.69, 9.17) is 9.52 Å². The zero-order valence-corrected chi connectivity index (χ0v) is 13.1. The monoisotopic (exact) mass is 323 g/mol. The van der Waals surface area contributed by atoms with Gasteiger partial charge in [0.05, 0.1) is 23.0 Å². The zero-order chi connectivity index (χ0) is 16.1. The van der Waals surface area contributed by atoms with E-state index in [-0.39, 0.29) is 19.1 Å². The molecule has 2 heterocycles. The number of rotatable bonds is 6. The molecular formula is C14H17N3O4S. The maximum absolute atomic E-state index is 11.9. The molecule has 8 heteroatoms. The lowest BCUT2D eigenvalue weighted by Gasteiger charge is -2.19. The molecule has 1 unspecified atom stereocenters. The highest BCUT2D eigenvalue weighted by atomic mass is 32.1. The molecule has 7 nitrogen and oxygen atoms in total. The molecule has 0 aliphatic rings. The normalized spacial score (nSPS) is 11.9. The summed E-state index contributed by atoms with van der Waals surface area (Å²) in [5.41, 5.74) is 0.608. The van der Waals surface area contributed by atoms with Crippen molar-refractivity contribution >= 4 is 23.3 Å². The lowest BCUT2D eigenvalue weighted by Crippen LogP contribution is -2.40. The minimum atomic E-state index is -0.934. The van der Waals surface area contributed by atoms with Crippen LogP contribution in [0.5, 0.6) is 0 Å². The number of urea groups is 1. The molecule has 2 amide bonds. The van der Waals surface area contributed by atoms with Gasteiger partial charge >= 0.3 is 12.0 Å². The van der Waals surface area contributed by atoms with E-state index in [1.54, 1.807) is 14.0 Å². The number of amides is 2. The number of carboxylic acids is 1. The van der Waals surface area contributed by atoms with Gasteiger partial charge in [-0.2, -0.15) is 0 Å². The molecule has 2 rings (SSSR count). The van der Waals surface area contributed by atoms with Gasteiger partial charge in [0.1, 0.15) is 6.26 Å². The Labute approximate surface area is 131 Å². The van der Waals surface area contributed by atoms with Crippen molar-refractivity contribution in [3.63, 3.8) is 0 Å². The first-order valence-corrected chi connectivity index (χ1v) is 7.55. The molecule has 0 fully saturated rings. The second kappa shape index (κ2) is 7.08. The Hall–Kier alpha value is -2.35. The molecule has 2 aromatic heterocycles. The maximum Gasteiger partial charge on any atom is 0.317 e. The predicted molar refractivity (Wildman–Crippen MR) is 81.5 cm³/mol. The van der Waals surface area contributed by atoms with Crippen molar-refractivity contribution in [2.45, 2.75) is 13.5 Å². The van der Waals surface area contributed by atoms with Gasteiger partial charge in [0.15, 0.2) is 0 Å². The molecule has 0 aliphatic heterocycles. The number of carbonyl (C=O) groups excluding carboxylic acids is 1. The van der Waals surface area contributed by atoms with Gasteiger partial charge in [-0.15, -0.1) is 11.3 Å². The minimum Gasteiger partial charge on any atom is -0.481 e. The lowest BCUT2D eigenvalue weighted by atomic mass is 10.2. The number of hydrogen-bond acceptors (Lipinski definition) is 5. The second-order valence-electron chi connectivity index (χ2n) is 4.90. The number of hydrogen-bond donors (Lipinski definition) is 2. The van der Waals surface area contributed by atoms with Crippen LogP contribution in [0.4, 0.5) is 4.79 Å². The van der Waals surface area contributed by atoms with Crippen LogP contribution in [0.15, 0.2) is 28.2 Å². The number of oxazole rings is 1. The highest BCUT2D eigenvalue weighted by molar-refractivity contribution is 7.13. The summed E-state index contributed by atoms with van der Waals surface area (Å²) in [6.45, 7) is 1.91. The molecule has 0 spiro atoms. The Bertz CT molecular complexity index is 638. The molecule has 1 atom stereocenters. The van der Waals surface area contributed by atoms with Crippen molar-refractivity contribution in [2.24, 2.45) is 5.92 Å². The van der Waals surface area contributed by atoms with Crippen LogP contribution in [0.25, 0.3) is 10.8 Å². The molecule has 22 heavy (non-hydrogen) atoms. The van der Waals surface area contributed by atoms with E-state index < -0.39 is 11.9 Å². The fourth-order valence-electron chi connectivity index (χ4n) is 1.77. The van der Waals surface area contributed by atoms with Gasteiger partial charge in [-0.1, -0.05) is 13.0 Å². The van der Waals surface area contributed by atoms with E-state index in [0.717, 1.165) is 4.88 Å². The largest absolute Gasteiger partial charge is 0.481 e. The zero-order valence-electron chi connectivity index (χ0n) is 12.3. The molecule has 0 aromatic carbocycles. The van der Waals surface area contributed by atoms with Crippen molar-refractivity contribution in [3.05, 3.63) is 29.5 Å². The average molecular weight is 323 g/mol. The Morgan fingerprint density at radius 1 is 1.55 bits per heavy atom. The van der Waals surface area contributed by atoms with E-state index in [1.807, 2.05) is 17.5 Å². The highest BCUT2D eigenvalue weighted by Gasteiger charge is 2.17. The molecule has 118 valence electrons. The quantitative estimate of drug-likeness (QED) is 0.850. The number of nitrogens with zero attached hydrogens (tertiary/aromatic N) is 2. The maximum atomic E-state index is 11.9. The number of carboxylic acid groups (broad SMARTS) is 1. The summed E-state index contributed by atoms with van der Waals surface area (Å²) in [6, 6.07) is 3.46. The molecule has 0 saturated carbocycles. The van der Waals surface area contributed by atoms with E-state index >= 15 is 0 Å².